The van der Waals surface area contributed by atoms with Crippen LogP contribution in [0.1, 0.15) is 24.0 Å². The number of nitrogens with two attached hydrogens (primary N) is 1. The van der Waals surface area contributed by atoms with Gasteiger partial charge in [0.2, 0.25) is 5.91 Å². The van der Waals surface area contributed by atoms with Gasteiger partial charge in [0.05, 0.1) is 11.5 Å². The molecule has 3 aromatic carbocycles. The van der Waals surface area contributed by atoms with Crippen molar-refractivity contribution < 1.29 is 22.7 Å². The molecule has 1 aliphatic rings. The number of aryl methyl sites for hydroxylation is 1. The summed E-state index contributed by atoms with van der Waals surface area (Å²) >= 11 is 0. The summed E-state index contributed by atoms with van der Waals surface area (Å²) in [6.45, 7) is 2.90. The highest BCUT2D eigenvalue weighted by molar-refractivity contribution is 7.93. The Morgan fingerprint density at radius 3 is 2.29 bits per heavy atom. The molecular weight excluding hydrogens is 450 g/mol. The van der Waals surface area contributed by atoms with Gasteiger partial charge in [-0.1, -0.05) is 54.1 Å². The number of primary amides is 1. The molecule has 0 aromatic heterocycles. The third kappa shape index (κ3) is 4.86. The third-order valence-corrected chi connectivity index (χ3v) is 8.90. The van der Waals surface area contributed by atoms with Crippen LogP contribution >= 0.6 is 0 Å². The largest absolute Gasteiger partial charge is 0.493 e. The first-order valence-electron chi connectivity index (χ1n) is 11.3. The zero-order valence-electron chi connectivity index (χ0n) is 19.2. The Balaban J connectivity index is 1.40. The fraction of sp³-hybridized carbons (Fsp3) is 0.296. The summed E-state index contributed by atoms with van der Waals surface area (Å²) in [6, 6.07) is 22.9. The lowest BCUT2D eigenvalue weighted by molar-refractivity contribution is -0.122. The van der Waals surface area contributed by atoms with E-state index in [-0.39, 0.29) is 31.0 Å². The molecule has 0 bridgehead atoms. The number of carbonyl (C=O) groups excluding carboxylic acids is 1. The molecule has 1 fully saturated rings. The van der Waals surface area contributed by atoms with Gasteiger partial charge in [-0.3, -0.25) is 4.79 Å². The van der Waals surface area contributed by atoms with Gasteiger partial charge in [0, 0.05) is 19.6 Å². The standard InChI is InChI=1S/C27H29NO5S/c1-20-5-7-22(8-6-20)23-4-2-3-21(19-23)13-16-33-24-9-11-25(12-10-24)34(30,31)27(26(28)29)14-17-32-18-15-27/h2-12,19H,13-18H2,1H3,(H2,28,29). The number of amides is 1. The first kappa shape index (κ1) is 24.0. The average molecular weight is 480 g/mol. The molecule has 34 heavy (non-hydrogen) atoms. The molecule has 3 aromatic rings. The van der Waals surface area contributed by atoms with Crippen LogP contribution in [-0.4, -0.2) is 38.9 Å². The molecule has 0 atom stereocenters. The number of rotatable bonds is 8. The molecule has 0 unspecified atom stereocenters. The first-order valence-corrected chi connectivity index (χ1v) is 12.8. The molecule has 0 aliphatic carbocycles. The Hall–Kier alpha value is -3.16. The van der Waals surface area contributed by atoms with Gasteiger partial charge in [0.1, 0.15) is 5.75 Å². The highest BCUT2D eigenvalue weighted by atomic mass is 32.2. The maximum Gasteiger partial charge on any atom is 0.239 e. The fourth-order valence-electron chi connectivity index (χ4n) is 4.23. The van der Waals surface area contributed by atoms with Crippen molar-refractivity contribution in [2.45, 2.75) is 35.8 Å². The van der Waals surface area contributed by atoms with Crippen LogP contribution in [0.4, 0.5) is 0 Å². The predicted molar refractivity (Wildman–Crippen MR) is 131 cm³/mol. The lowest BCUT2D eigenvalue weighted by Crippen LogP contribution is -2.53. The van der Waals surface area contributed by atoms with Crippen LogP contribution in [0, 0.1) is 6.92 Å². The lowest BCUT2D eigenvalue weighted by atomic mass is 9.98. The molecule has 7 heteroatoms. The number of benzene rings is 3. The molecule has 0 radical (unpaired) electrons. The van der Waals surface area contributed by atoms with Crippen molar-refractivity contribution in [3.05, 3.63) is 83.9 Å². The van der Waals surface area contributed by atoms with E-state index in [1.165, 1.54) is 23.3 Å². The van der Waals surface area contributed by atoms with Gasteiger partial charge in [-0.05, 0) is 60.7 Å². The van der Waals surface area contributed by atoms with E-state index >= 15 is 0 Å². The summed E-state index contributed by atoms with van der Waals surface area (Å²) in [6.07, 6.45) is 0.833. The Morgan fingerprint density at radius 2 is 1.65 bits per heavy atom. The van der Waals surface area contributed by atoms with Crippen molar-refractivity contribution in [2.24, 2.45) is 5.73 Å². The molecule has 0 saturated carbocycles. The van der Waals surface area contributed by atoms with E-state index in [0.29, 0.717) is 18.8 Å². The fourth-order valence-corrected chi connectivity index (χ4v) is 6.14. The number of sulfone groups is 1. The van der Waals surface area contributed by atoms with Gasteiger partial charge in [-0.2, -0.15) is 0 Å². The van der Waals surface area contributed by atoms with Crippen LogP contribution in [0.2, 0.25) is 0 Å². The summed E-state index contributed by atoms with van der Waals surface area (Å²) < 4.78 is 35.9. The van der Waals surface area contributed by atoms with E-state index in [9.17, 15) is 13.2 Å². The van der Waals surface area contributed by atoms with Crippen LogP contribution in [0.25, 0.3) is 11.1 Å². The van der Waals surface area contributed by atoms with Crippen molar-refractivity contribution >= 4 is 15.7 Å². The number of hydrogen-bond acceptors (Lipinski definition) is 5. The average Bonchev–Trinajstić information content (AvgIpc) is 2.85. The Bertz CT molecular complexity index is 1240. The zero-order valence-corrected chi connectivity index (χ0v) is 20.0. The zero-order chi connectivity index (χ0) is 24.2. The van der Waals surface area contributed by atoms with Crippen LogP contribution < -0.4 is 10.5 Å². The van der Waals surface area contributed by atoms with Crippen LogP contribution in [0.15, 0.2) is 77.7 Å². The van der Waals surface area contributed by atoms with Crippen molar-refractivity contribution in [1.29, 1.82) is 0 Å². The van der Waals surface area contributed by atoms with Crippen LogP contribution in [0.5, 0.6) is 5.75 Å². The van der Waals surface area contributed by atoms with Crippen molar-refractivity contribution in [3.8, 4) is 16.9 Å². The van der Waals surface area contributed by atoms with E-state index in [2.05, 4.69) is 49.4 Å². The monoisotopic (exact) mass is 479 g/mol. The van der Waals surface area contributed by atoms with Gasteiger partial charge in [0.25, 0.3) is 0 Å². The van der Waals surface area contributed by atoms with Gasteiger partial charge < -0.3 is 15.2 Å². The van der Waals surface area contributed by atoms with Gasteiger partial charge in [-0.15, -0.1) is 0 Å². The highest BCUT2D eigenvalue weighted by Crippen LogP contribution is 2.35. The maximum atomic E-state index is 13.2. The number of ether oxygens (including phenoxy) is 2. The molecule has 2 N–H and O–H groups in total. The lowest BCUT2D eigenvalue weighted by Gasteiger charge is -2.33. The summed E-state index contributed by atoms with van der Waals surface area (Å²) in [5.74, 6) is -0.266. The highest BCUT2D eigenvalue weighted by Gasteiger charge is 2.51. The van der Waals surface area contributed by atoms with E-state index in [1.807, 2.05) is 6.07 Å². The van der Waals surface area contributed by atoms with Crippen molar-refractivity contribution in [2.75, 3.05) is 19.8 Å². The Morgan fingerprint density at radius 1 is 0.971 bits per heavy atom. The summed E-state index contributed by atoms with van der Waals surface area (Å²) in [4.78, 5) is 12.2. The molecule has 4 rings (SSSR count). The molecule has 178 valence electrons. The minimum Gasteiger partial charge on any atom is -0.493 e. The second-order valence-corrected chi connectivity index (χ2v) is 10.9. The van der Waals surface area contributed by atoms with E-state index in [0.717, 1.165) is 11.1 Å². The van der Waals surface area contributed by atoms with Gasteiger partial charge in [0.15, 0.2) is 14.6 Å². The summed E-state index contributed by atoms with van der Waals surface area (Å²) in [5, 5.41) is 0. The topological polar surface area (TPSA) is 95.7 Å². The predicted octanol–water partition coefficient (Wildman–Crippen LogP) is 4.09. The smallest absolute Gasteiger partial charge is 0.239 e. The van der Waals surface area contributed by atoms with E-state index < -0.39 is 20.5 Å². The second-order valence-electron chi connectivity index (χ2n) is 8.61. The Labute approximate surface area is 200 Å². The van der Waals surface area contributed by atoms with E-state index in [1.54, 1.807) is 12.1 Å². The summed E-state index contributed by atoms with van der Waals surface area (Å²) in [7, 11) is -3.95. The third-order valence-electron chi connectivity index (χ3n) is 6.37. The summed E-state index contributed by atoms with van der Waals surface area (Å²) in [5.41, 5.74) is 10.2. The van der Waals surface area contributed by atoms with Crippen molar-refractivity contribution in [1.82, 2.24) is 0 Å². The van der Waals surface area contributed by atoms with E-state index in [4.69, 9.17) is 15.2 Å². The van der Waals surface area contributed by atoms with Gasteiger partial charge in [-0.25, -0.2) is 8.42 Å². The second kappa shape index (κ2) is 9.99. The number of carbonyl (C=O) groups is 1. The molecule has 0 spiro atoms. The number of hydrogen-bond donors (Lipinski definition) is 1. The first-order chi connectivity index (χ1) is 16.3. The minimum atomic E-state index is -3.95. The van der Waals surface area contributed by atoms with Crippen LogP contribution in [-0.2, 0) is 25.8 Å². The quantitative estimate of drug-likeness (QED) is 0.525. The maximum absolute atomic E-state index is 13.2. The van der Waals surface area contributed by atoms with Crippen molar-refractivity contribution in [3.63, 3.8) is 0 Å². The molecular formula is C27H29NO5S. The molecule has 1 heterocycles. The SMILES string of the molecule is Cc1ccc(-c2cccc(CCOc3ccc(S(=O)(=O)C4(C(N)=O)CCOCC4)cc3)c2)cc1. The molecule has 1 aliphatic heterocycles. The van der Waals surface area contributed by atoms with Gasteiger partial charge >= 0.3 is 0 Å². The molecule has 6 nitrogen and oxygen atoms in total. The minimum absolute atomic E-state index is 0.0601. The Kier molecular flexibility index (Phi) is 7.05. The van der Waals surface area contributed by atoms with Crippen LogP contribution in [0.3, 0.4) is 0 Å². The normalized spacial score (nSPS) is 15.6. The molecule has 1 saturated heterocycles. The molecule has 1 amide bonds.